The average molecular weight is 626 g/mol. The third-order valence-electron chi connectivity index (χ3n) is 7.96. The lowest BCUT2D eigenvalue weighted by atomic mass is 9.98. The van der Waals surface area contributed by atoms with Crippen LogP contribution in [0.3, 0.4) is 0 Å². The number of carbonyl (C=O) groups is 2. The van der Waals surface area contributed by atoms with Gasteiger partial charge in [0.2, 0.25) is 0 Å². The molecular weight excluding hydrogens is 578 g/mol. The van der Waals surface area contributed by atoms with Crippen LogP contribution in [0, 0.1) is 0 Å². The molecule has 0 atom stereocenters. The Morgan fingerprint density at radius 1 is 0.630 bits per heavy atom. The van der Waals surface area contributed by atoms with Crippen molar-refractivity contribution >= 4 is 23.3 Å². The molecule has 2 aromatic carbocycles. The zero-order chi connectivity index (χ0) is 33.2. The van der Waals surface area contributed by atoms with Gasteiger partial charge in [-0.05, 0) is 90.5 Å². The van der Waals surface area contributed by atoms with Gasteiger partial charge in [-0.25, -0.2) is 9.59 Å². The summed E-state index contributed by atoms with van der Waals surface area (Å²) in [5.41, 5.74) is 5.74. The zero-order valence-corrected chi connectivity index (χ0v) is 28.5. The van der Waals surface area contributed by atoms with Crippen LogP contribution in [0.1, 0.15) is 85.4 Å². The van der Waals surface area contributed by atoms with Crippen LogP contribution in [0.4, 0.5) is 9.59 Å². The van der Waals surface area contributed by atoms with E-state index in [9.17, 15) is 9.59 Å². The second-order valence-corrected chi connectivity index (χ2v) is 14.3. The highest BCUT2D eigenvalue weighted by molar-refractivity contribution is 5.75. The summed E-state index contributed by atoms with van der Waals surface area (Å²) in [6, 6.07) is 17.0. The topological polar surface area (TPSA) is 89.8 Å². The van der Waals surface area contributed by atoms with E-state index in [1.54, 1.807) is 9.80 Å². The maximum atomic E-state index is 12.4. The van der Waals surface area contributed by atoms with Crippen LogP contribution in [-0.4, -0.2) is 74.1 Å². The van der Waals surface area contributed by atoms with Crippen molar-refractivity contribution in [2.24, 2.45) is 0 Å². The SMILES string of the molecule is CC(C)n1c(-c2ccc(C3=CCN(C(=O)OC(C)(C)C)CC3)cc2)nnc1-c1ccc(C2=CCN(C(=O)OC(C)(C)C)CC2)cc1. The zero-order valence-electron chi connectivity index (χ0n) is 28.5. The molecule has 0 bridgehead atoms. The van der Waals surface area contributed by atoms with Crippen molar-refractivity contribution in [1.82, 2.24) is 24.6 Å². The first-order chi connectivity index (χ1) is 21.7. The van der Waals surface area contributed by atoms with Crippen LogP contribution in [0.15, 0.2) is 60.7 Å². The molecule has 0 fully saturated rings. The number of aromatic nitrogens is 3. The third-order valence-corrected chi connectivity index (χ3v) is 7.96. The van der Waals surface area contributed by atoms with Crippen LogP contribution < -0.4 is 0 Å². The summed E-state index contributed by atoms with van der Waals surface area (Å²) in [5.74, 6) is 1.65. The van der Waals surface area contributed by atoms with Crippen molar-refractivity contribution in [3.8, 4) is 22.8 Å². The Kier molecular flexibility index (Phi) is 9.42. The Morgan fingerprint density at radius 3 is 1.26 bits per heavy atom. The number of carbonyl (C=O) groups excluding carboxylic acids is 2. The molecule has 0 spiro atoms. The molecule has 1 aromatic heterocycles. The minimum absolute atomic E-state index is 0.152. The number of nitrogens with zero attached hydrogens (tertiary/aromatic N) is 5. The Morgan fingerprint density at radius 2 is 0.978 bits per heavy atom. The minimum Gasteiger partial charge on any atom is -0.444 e. The van der Waals surface area contributed by atoms with Gasteiger partial charge in [0.05, 0.1) is 0 Å². The van der Waals surface area contributed by atoms with Gasteiger partial charge in [0, 0.05) is 43.3 Å². The highest BCUT2D eigenvalue weighted by Crippen LogP contribution is 2.32. The van der Waals surface area contributed by atoms with Gasteiger partial charge in [-0.2, -0.15) is 0 Å². The predicted molar refractivity (Wildman–Crippen MR) is 182 cm³/mol. The monoisotopic (exact) mass is 625 g/mol. The van der Waals surface area contributed by atoms with E-state index in [2.05, 4.69) is 89.3 Å². The van der Waals surface area contributed by atoms with E-state index in [1.807, 2.05) is 41.5 Å². The Balaban J connectivity index is 1.28. The predicted octanol–water partition coefficient (Wildman–Crippen LogP) is 8.24. The van der Waals surface area contributed by atoms with E-state index in [0.29, 0.717) is 26.2 Å². The van der Waals surface area contributed by atoms with E-state index in [0.717, 1.165) is 46.7 Å². The van der Waals surface area contributed by atoms with E-state index in [1.165, 1.54) is 11.1 Å². The van der Waals surface area contributed by atoms with Gasteiger partial charge in [0.15, 0.2) is 11.6 Å². The molecule has 244 valence electrons. The van der Waals surface area contributed by atoms with Gasteiger partial charge in [0.1, 0.15) is 11.2 Å². The van der Waals surface area contributed by atoms with Gasteiger partial charge in [-0.15, -0.1) is 10.2 Å². The fourth-order valence-electron chi connectivity index (χ4n) is 5.69. The number of amides is 2. The van der Waals surface area contributed by atoms with Gasteiger partial charge in [-0.3, -0.25) is 0 Å². The minimum atomic E-state index is -0.502. The summed E-state index contributed by atoms with van der Waals surface area (Å²) >= 11 is 0. The number of hydrogen-bond donors (Lipinski definition) is 0. The maximum Gasteiger partial charge on any atom is 0.410 e. The van der Waals surface area contributed by atoms with Gasteiger partial charge in [-0.1, -0.05) is 60.7 Å². The second kappa shape index (κ2) is 13.1. The molecule has 9 heteroatoms. The lowest BCUT2D eigenvalue weighted by Crippen LogP contribution is -2.39. The molecule has 3 heterocycles. The van der Waals surface area contributed by atoms with Gasteiger partial charge >= 0.3 is 12.2 Å². The fraction of sp³-hybridized carbons (Fsp3) is 0.459. The summed E-state index contributed by atoms with van der Waals surface area (Å²) in [4.78, 5) is 28.4. The molecule has 0 saturated heterocycles. The van der Waals surface area contributed by atoms with Gasteiger partial charge < -0.3 is 23.8 Å². The molecule has 0 unspecified atom stereocenters. The van der Waals surface area contributed by atoms with Crippen molar-refractivity contribution in [3.05, 3.63) is 71.8 Å². The largest absolute Gasteiger partial charge is 0.444 e. The molecular formula is C37H47N5O4. The quantitative estimate of drug-likeness (QED) is 0.284. The molecule has 9 nitrogen and oxygen atoms in total. The van der Waals surface area contributed by atoms with E-state index >= 15 is 0 Å². The number of ether oxygens (including phenoxy) is 2. The van der Waals surface area contributed by atoms with Crippen molar-refractivity contribution in [1.29, 1.82) is 0 Å². The normalized spacial score (nSPS) is 15.8. The lowest BCUT2D eigenvalue weighted by molar-refractivity contribution is 0.0260. The van der Waals surface area contributed by atoms with E-state index < -0.39 is 11.2 Å². The Bertz CT molecular complexity index is 1500. The first-order valence-corrected chi connectivity index (χ1v) is 16.2. The van der Waals surface area contributed by atoms with Crippen molar-refractivity contribution in [2.75, 3.05) is 26.2 Å². The van der Waals surface area contributed by atoms with Crippen LogP contribution in [0.5, 0.6) is 0 Å². The molecule has 0 aliphatic carbocycles. The van der Waals surface area contributed by atoms with Crippen molar-refractivity contribution in [3.63, 3.8) is 0 Å². The number of rotatable bonds is 5. The first-order valence-electron chi connectivity index (χ1n) is 16.2. The molecule has 2 aliphatic rings. The fourth-order valence-corrected chi connectivity index (χ4v) is 5.69. The Labute approximate surface area is 272 Å². The average Bonchev–Trinajstić information content (AvgIpc) is 3.46. The van der Waals surface area contributed by atoms with Gasteiger partial charge in [0.25, 0.3) is 0 Å². The summed E-state index contributed by atoms with van der Waals surface area (Å²) in [5, 5.41) is 9.25. The Hall–Kier alpha value is -4.40. The molecule has 46 heavy (non-hydrogen) atoms. The van der Waals surface area contributed by atoms with E-state index in [4.69, 9.17) is 9.47 Å². The summed E-state index contributed by atoms with van der Waals surface area (Å²) in [6.07, 6.45) is 5.24. The molecule has 3 aromatic rings. The van der Waals surface area contributed by atoms with Crippen LogP contribution in [0.25, 0.3) is 33.9 Å². The molecule has 2 amide bonds. The highest BCUT2D eigenvalue weighted by atomic mass is 16.6. The standard InChI is InChI=1S/C37H47N5O4/c1-25(2)42-32(30-13-9-26(10-14-30)28-17-21-40(22-18-28)34(43)45-36(3,4)5)38-39-33(42)31-15-11-27(12-16-31)29-19-23-41(24-20-29)35(44)46-37(6,7)8/h9-17,19,25H,18,20-24H2,1-8H3. The molecule has 0 N–H and O–H groups in total. The number of benzene rings is 2. The molecule has 0 radical (unpaired) electrons. The summed E-state index contributed by atoms with van der Waals surface area (Å²) in [7, 11) is 0. The number of hydrogen-bond acceptors (Lipinski definition) is 6. The van der Waals surface area contributed by atoms with Crippen molar-refractivity contribution in [2.45, 2.75) is 85.5 Å². The van der Waals surface area contributed by atoms with Crippen molar-refractivity contribution < 1.29 is 19.1 Å². The first kappa shape index (κ1) is 33.0. The lowest BCUT2D eigenvalue weighted by Gasteiger charge is -2.29. The van der Waals surface area contributed by atoms with Crippen LogP contribution in [0.2, 0.25) is 0 Å². The third kappa shape index (κ3) is 7.87. The second-order valence-electron chi connectivity index (χ2n) is 14.3. The highest BCUT2D eigenvalue weighted by Gasteiger charge is 2.26. The van der Waals surface area contributed by atoms with E-state index in [-0.39, 0.29) is 18.2 Å². The molecule has 2 aliphatic heterocycles. The molecule has 5 rings (SSSR count). The molecule has 0 saturated carbocycles. The maximum absolute atomic E-state index is 12.4. The van der Waals surface area contributed by atoms with Crippen LogP contribution in [-0.2, 0) is 9.47 Å². The smallest absolute Gasteiger partial charge is 0.410 e. The summed E-state index contributed by atoms with van der Waals surface area (Å²) in [6.45, 7) is 17.9. The summed E-state index contributed by atoms with van der Waals surface area (Å²) < 4.78 is 13.2. The van der Waals surface area contributed by atoms with Crippen LogP contribution >= 0.6 is 0 Å².